The fourth-order valence-corrected chi connectivity index (χ4v) is 6.10. The molecule has 2 aromatic heterocycles. The van der Waals surface area contributed by atoms with Crippen molar-refractivity contribution in [2.75, 3.05) is 25.5 Å². The van der Waals surface area contributed by atoms with E-state index in [0.29, 0.717) is 53.5 Å². The van der Waals surface area contributed by atoms with Gasteiger partial charge in [0.1, 0.15) is 5.82 Å². The lowest BCUT2D eigenvalue weighted by atomic mass is 9.96. The number of nitrogens with one attached hydrogen (secondary N) is 4. The second-order valence-corrected chi connectivity index (χ2v) is 11.3. The molecule has 6 rings (SSSR count). The monoisotopic (exact) mass is 616 g/mol. The standard InChI is InChI=1S/C32H30Cl2N6O3/c1-43-32-18(13-35-16-21-9-11-27(41)38-21)8-10-26(39-32)25-7-3-6-24(30(25)34)23-5-2-4-22(29(23)33)19-12-20-14-36-17-28(42)40-31(20)37-15-19/h2-8,10,12,15,21,35-36H,9,11,13-14,16-17H2,1H3,(H,38,41)(H,37,40,42)/t21-/m0/s1. The van der Waals surface area contributed by atoms with Crippen LogP contribution in [0.25, 0.3) is 33.5 Å². The van der Waals surface area contributed by atoms with E-state index in [1.165, 1.54) is 0 Å². The highest BCUT2D eigenvalue weighted by Crippen LogP contribution is 2.42. The second-order valence-electron chi connectivity index (χ2n) is 10.5. The molecule has 0 radical (unpaired) electrons. The van der Waals surface area contributed by atoms with Crippen LogP contribution in [0.1, 0.15) is 24.0 Å². The minimum Gasteiger partial charge on any atom is -0.481 e. The number of carbonyl (C=O) groups excluding carboxylic acids is 2. The van der Waals surface area contributed by atoms with Gasteiger partial charge in [-0.2, -0.15) is 0 Å². The Morgan fingerprint density at radius 2 is 1.70 bits per heavy atom. The topological polar surface area (TPSA) is 117 Å². The molecule has 1 saturated heterocycles. The first-order valence-corrected chi connectivity index (χ1v) is 14.8. The largest absolute Gasteiger partial charge is 0.481 e. The van der Waals surface area contributed by atoms with Crippen LogP contribution in [0.3, 0.4) is 0 Å². The summed E-state index contributed by atoms with van der Waals surface area (Å²) in [5, 5.41) is 13.3. The van der Waals surface area contributed by atoms with E-state index in [0.717, 1.165) is 45.4 Å². The molecule has 0 spiro atoms. The van der Waals surface area contributed by atoms with Gasteiger partial charge in [-0.15, -0.1) is 0 Å². The summed E-state index contributed by atoms with van der Waals surface area (Å²) in [5.74, 6) is 1.03. The first-order valence-electron chi connectivity index (χ1n) is 14.0. The summed E-state index contributed by atoms with van der Waals surface area (Å²) in [7, 11) is 1.59. The number of methoxy groups -OCH3 is 1. The zero-order valence-electron chi connectivity index (χ0n) is 23.5. The SMILES string of the molecule is COc1nc(-c2cccc(-c3cccc(-c4cnc5c(c4)CNCC(=O)N5)c3Cl)c2Cl)ccc1CNC[C@@H]1CCC(=O)N1. The molecule has 0 unspecified atom stereocenters. The molecule has 2 amide bonds. The Balaban J connectivity index is 1.27. The van der Waals surface area contributed by atoms with Gasteiger partial charge < -0.3 is 26.0 Å². The number of amides is 2. The van der Waals surface area contributed by atoms with Crippen molar-refractivity contribution in [2.45, 2.75) is 32.0 Å². The fraction of sp³-hybridized carbons (Fsp3) is 0.250. The van der Waals surface area contributed by atoms with E-state index < -0.39 is 0 Å². The van der Waals surface area contributed by atoms with E-state index in [4.69, 9.17) is 32.9 Å². The number of hydrogen-bond donors (Lipinski definition) is 4. The highest BCUT2D eigenvalue weighted by molar-refractivity contribution is 6.39. The van der Waals surface area contributed by atoms with E-state index in [9.17, 15) is 9.59 Å². The normalized spacial score (nSPS) is 16.3. The van der Waals surface area contributed by atoms with Crippen molar-refractivity contribution in [3.63, 3.8) is 0 Å². The lowest BCUT2D eigenvalue weighted by Gasteiger charge is -2.16. The first-order chi connectivity index (χ1) is 20.9. The number of benzene rings is 2. The maximum Gasteiger partial charge on any atom is 0.239 e. The third-order valence-electron chi connectivity index (χ3n) is 7.62. The van der Waals surface area contributed by atoms with E-state index in [2.05, 4.69) is 26.3 Å². The van der Waals surface area contributed by atoms with Crippen LogP contribution in [0.15, 0.2) is 60.8 Å². The number of nitrogens with zero attached hydrogens (tertiary/aromatic N) is 2. The van der Waals surface area contributed by atoms with Crippen molar-refractivity contribution in [3.8, 4) is 39.4 Å². The maximum atomic E-state index is 11.9. The molecule has 4 heterocycles. The molecule has 0 saturated carbocycles. The van der Waals surface area contributed by atoms with Crippen molar-refractivity contribution in [1.82, 2.24) is 25.9 Å². The molecule has 220 valence electrons. The number of aromatic nitrogens is 2. The predicted molar refractivity (Wildman–Crippen MR) is 168 cm³/mol. The number of fused-ring (bicyclic) bond motifs is 1. The minimum absolute atomic E-state index is 0.0994. The summed E-state index contributed by atoms with van der Waals surface area (Å²) in [6, 6.07) is 17.6. The highest BCUT2D eigenvalue weighted by atomic mass is 35.5. The van der Waals surface area contributed by atoms with Crippen molar-refractivity contribution in [2.24, 2.45) is 0 Å². The van der Waals surface area contributed by atoms with E-state index >= 15 is 0 Å². The quantitative estimate of drug-likeness (QED) is 0.215. The Hall–Kier alpha value is -4.02. The summed E-state index contributed by atoms with van der Waals surface area (Å²) >= 11 is 14.1. The van der Waals surface area contributed by atoms with Crippen LogP contribution in [0.5, 0.6) is 5.88 Å². The maximum absolute atomic E-state index is 11.9. The molecule has 1 fully saturated rings. The molecule has 2 aliphatic heterocycles. The third kappa shape index (κ3) is 6.21. The van der Waals surface area contributed by atoms with Crippen molar-refractivity contribution in [3.05, 3.63) is 82.0 Å². The first kappa shape index (κ1) is 29.1. The van der Waals surface area contributed by atoms with Crippen LogP contribution < -0.4 is 26.0 Å². The number of pyridine rings is 2. The van der Waals surface area contributed by atoms with Gasteiger partial charge in [-0.05, 0) is 18.6 Å². The summed E-state index contributed by atoms with van der Waals surface area (Å²) in [4.78, 5) is 32.6. The van der Waals surface area contributed by atoms with Gasteiger partial charge in [0.05, 0.1) is 29.4 Å². The molecule has 4 N–H and O–H groups in total. The van der Waals surface area contributed by atoms with Gasteiger partial charge in [0.25, 0.3) is 0 Å². The zero-order chi connectivity index (χ0) is 29.9. The Morgan fingerprint density at radius 1 is 0.953 bits per heavy atom. The van der Waals surface area contributed by atoms with Gasteiger partial charge in [0.2, 0.25) is 17.7 Å². The Labute approximate surface area is 259 Å². The van der Waals surface area contributed by atoms with Crippen LogP contribution in [-0.2, 0) is 22.7 Å². The molecule has 43 heavy (non-hydrogen) atoms. The average molecular weight is 618 g/mol. The van der Waals surface area contributed by atoms with Gasteiger partial charge in [0, 0.05) is 77.2 Å². The number of carbonyl (C=O) groups is 2. The van der Waals surface area contributed by atoms with Crippen molar-refractivity contribution in [1.29, 1.82) is 0 Å². The molecule has 11 heteroatoms. The van der Waals surface area contributed by atoms with Crippen LogP contribution >= 0.6 is 23.2 Å². The Kier molecular flexibility index (Phi) is 8.58. The second kappa shape index (κ2) is 12.7. The van der Waals surface area contributed by atoms with E-state index in [1.807, 2.05) is 54.6 Å². The molecule has 0 bridgehead atoms. The summed E-state index contributed by atoms with van der Waals surface area (Å²) in [6.45, 7) is 1.99. The molecule has 2 aromatic carbocycles. The van der Waals surface area contributed by atoms with Gasteiger partial charge in [-0.25, -0.2) is 9.97 Å². The lowest BCUT2D eigenvalue weighted by Crippen LogP contribution is -2.35. The van der Waals surface area contributed by atoms with Crippen LogP contribution in [-0.4, -0.2) is 48.0 Å². The number of hydrogen-bond acceptors (Lipinski definition) is 7. The zero-order valence-corrected chi connectivity index (χ0v) is 25.0. The van der Waals surface area contributed by atoms with Crippen molar-refractivity contribution >= 4 is 40.8 Å². The van der Waals surface area contributed by atoms with Crippen molar-refractivity contribution < 1.29 is 14.3 Å². The van der Waals surface area contributed by atoms with E-state index in [-0.39, 0.29) is 24.4 Å². The number of halogens is 2. The summed E-state index contributed by atoms with van der Waals surface area (Å²) in [5.41, 5.74) is 6.40. The molecule has 0 aliphatic carbocycles. The summed E-state index contributed by atoms with van der Waals surface area (Å²) in [6.07, 6.45) is 3.12. The fourth-order valence-electron chi connectivity index (χ4n) is 5.43. The average Bonchev–Trinajstić information content (AvgIpc) is 3.33. The molecule has 2 aliphatic rings. The predicted octanol–water partition coefficient (Wildman–Crippen LogP) is 5.20. The number of rotatable bonds is 8. The van der Waals surface area contributed by atoms with Crippen LogP contribution in [0.4, 0.5) is 5.82 Å². The van der Waals surface area contributed by atoms with Gasteiger partial charge in [0.15, 0.2) is 0 Å². The number of anilines is 1. The molecular formula is C32H30Cl2N6O3. The molecule has 4 aromatic rings. The Bertz CT molecular complexity index is 1710. The summed E-state index contributed by atoms with van der Waals surface area (Å²) < 4.78 is 5.62. The lowest BCUT2D eigenvalue weighted by molar-refractivity contribution is -0.119. The highest BCUT2D eigenvalue weighted by Gasteiger charge is 2.21. The van der Waals surface area contributed by atoms with Crippen LogP contribution in [0.2, 0.25) is 10.0 Å². The van der Waals surface area contributed by atoms with Gasteiger partial charge in [-0.1, -0.05) is 65.7 Å². The smallest absolute Gasteiger partial charge is 0.239 e. The molecular weight excluding hydrogens is 587 g/mol. The third-order valence-corrected chi connectivity index (χ3v) is 8.44. The van der Waals surface area contributed by atoms with Gasteiger partial charge >= 0.3 is 0 Å². The molecule has 9 nitrogen and oxygen atoms in total. The minimum atomic E-state index is -0.123. The molecule has 1 atom stereocenters. The number of ether oxygens (including phenoxy) is 1. The van der Waals surface area contributed by atoms with E-state index in [1.54, 1.807) is 13.3 Å². The van der Waals surface area contributed by atoms with Crippen LogP contribution in [0, 0.1) is 0 Å². The Morgan fingerprint density at radius 3 is 2.44 bits per heavy atom. The van der Waals surface area contributed by atoms with Gasteiger partial charge in [-0.3, -0.25) is 9.59 Å².